The number of carbonyl (C=O) groups excluding carboxylic acids is 2. The van der Waals surface area contributed by atoms with E-state index < -0.39 is 0 Å². The molecule has 1 fully saturated rings. The Balaban J connectivity index is 2.15. The van der Waals surface area contributed by atoms with Crippen molar-refractivity contribution in [3.05, 3.63) is 29.8 Å². The summed E-state index contributed by atoms with van der Waals surface area (Å²) in [6.07, 6.45) is 2.06. The van der Waals surface area contributed by atoms with Crippen LogP contribution in [0.4, 0.5) is 5.69 Å². The molecule has 0 radical (unpaired) electrons. The maximum Gasteiger partial charge on any atom is 0.255 e. The van der Waals surface area contributed by atoms with Crippen molar-refractivity contribution in [2.45, 2.75) is 19.8 Å². The first-order valence-electron chi connectivity index (χ1n) is 7.00. The standard InChI is InChI=1S/C15H21N3O2/c1-11-6-8-18(9-7-11)15(20)12-4-2-3-5-13(12)17-14(19)10-16/h2-5,11H,6-10,16H2,1H3,(H,17,19). The molecule has 0 aliphatic carbocycles. The third-order valence-electron chi connectivity index (χ3n) is 3.69. The van der Waals surface area contributed by atoms with Gasteiger partial charge in [-0.05, 0) is 30.9 Å². The van der Waals surface area contributed by atoms with E-state index in [-0.39, 0.29) is 18.4 Å². The molecular formula is C15H21N3O2. The van der Waals surface area contributed by atoms with Crippen molar-refractivity contribution in [3.8, 4) is 0 Å². The fourth-order valence-corrected chi connectivity index (χ4v) is 2.36. The fraction of sp³-hybridized carbons (Fsp3) is 0.467. The number of likely N-dealkylation sites (tertiary alicyclic amines) is 1. The van der Waals surface area contributed by atoms with Crippen LogP contribution in [0, 0.1) is 5.92 Å². The van der Waals surface area contributed by atoms with Gasteiger partial charge in [0.15, 0.2) is 0 Å². The Morgan fingerprint density at radius 2 is 1.95 bits per heavy atom. The molecule has 1 aliphatic heterocycles. The summed E-state index contributed by atoms with van der Waals surface area (Å²) in [5, 5.41) is 2.68. The number of hydrogen-bond acceptors (Lipinski definition) is 3. The molecule has 108 valence electrons. The van der Waals surface area contributed by atoms with Gasteiger partial charge in [0.2, 0.25) is 5.91 Å². The van der Waals surface area contributed by atoms with Gasteiger partial charge in [-0.15, -0.1) is 0 Å². The average Bonchev–Trinajstić information content (AvgIpc) is 2.48. The van der Waals surface area contributed by atoms with Gasteiger partial charge >= 0.3 is 0 Å². The van der Waals surface area contributed by atoms with Gasteiger partial charge in [-0.3, -0.25) is 9.59 Å². The van der Waals surface area contributed by atoms with Crippen LogP contribution in [0.25, 0.3) is 0 Å². The van der Waals surface area contributed by atoms with Crippen LogP contribution < -0.4 is 11.1 Å². The Hall–Kier alpha value is -1.88. The molecule has 0 bridgehead atoms. The first-order valence-corrected chi connectivity index (χ1v) is 7.00. The largest absolute Gasteiger partial charge is 0.339 e. The number of nitrogens with one attached hydrogen (secondary N) is 1. The van der Waals surface area contributed by atoms with E-state index in [9.17, 15) is 9.59 Å². The average molecular weight is 275 g/mol. The van der Waals surface area contributed by atoms with E-state index in [1.54, 1.807) is 24.3 Å². The van der Waals surface area contributed by atoms with Crippen molar-refractivity contribution >= 4 is 17.5 Å². The molecule has 1 heterocycles. The van der Waals surface area contributed by atoms with Gasteiger partial charge in [0.05, 0.1) is 17.8 Å². The highest BCUT2D eigenvalue weighted by molar-refractivity contribution is 6.04. The van der Waals surface area contributed by atoms with Gasteiger partial charge in [0.25, 0.3) is 5.91 Å². The predicted molar refractivity (Wildman–Crippen MR) is 78.4 cm³/mol. The second kappa shape index (κ2) is 6.52. The Labute approximate surface area is 119 Å². The number of benzene rings is 1. The summed E-state index contributed by atoms with van der Waals surface area (Å²) in [6, 6.07) is 7.07. The van der Waals surface area contributed by atoms with Gasteiger partial charge in [0.1, 0.15) is 0 Å². The van der Waals surface area contributed by atoms with E-state index in [1.165, 1.54) is 0 Å². The Kier molecular flexibility index (Phi) is 4.74. The summed E-state index contributed by atoms with van der Waals surface area (Å²) in [4.78, 5) is 25.8. The molecule has 20 heavy (non-hydrogen) atoms. The van der Waals surface area contributed by atoms with Crippen molar-refractivity contribution in [2.24, 2.45) is 11.7 Å². The number of anilines is 1. The molecule has 5 nitrogen and oxygen atoms in total. The minimum atomic E-state index is -0.294. The molecule has 1 aliphatic rings. The topological polar surface area (TPSA) is 75.4 Å². The molecule has 0 aromatic heterocycles. The molecule has 0 spiro atoms. The van der Waals surface area contributed by atoms with Crippen molar-refractivity contribution in [3.63, 3.8) is 0 Å². The lowest BCUT2D eigenvalue weighted by atomic mass is 9.98. The fourth-order valence-electron chi connectivity index (χ4n) is 2.36. The van der Waals surface area contributed by atoms with Crippen LogP contribution in [0.2, 0.25) is 0 Å². The highest BCUT2D eigenvalue weighted by Crippen LogP contribution is 2.22. The smallest absolute Gasteiger partial charge is 0.255 e. The number of amides is 2. The molecular weight excluding hydrogens is 254 g/mol. The van der Waals surface area contributed by atoms with Crippen LogP contribution in [0.3, 0.4) is 0 Å². The normalized spacial score (nSPS) is 16.0. The number of piperidine rings is 1. The third kappa shape index (κ3) is 3.36. The van der Waals surface area contributed by atoms with Gasteiger partial charge in [0, 0.05) is 13.1 Å². The van der Waals surface area contributed by atoms with E-state index in [0.717, 1.165) is 25.9 Å². The lowest BCUT2D eigenvalue weighted by Crippen LogP contribution is -2.38. The number of hydrogen-bond donors (Lipinski definition) is 2. The molecule has 0 unspecified atom stereocenters. The SMILES string of the molecule is CC1CCN(C(=O)c2ccccc2NC(=O)CN)CC1. The van der Waals surface area contributed by atoms with Crippen LogP contribution in [-0.2, 0) is 4.79 Å². The van der Waals surface area contributed by atoms with E-state index in [4.69, 9.17) is 5.73 Å². The monoisotopic (exact) mass is 275 g/mol. The molecule has 3 N–H and O–H groups in total. The van der Waals surface area contributed by atoms with Crippen molar-refractivity contribution in [2.75, 3.05) is 25.0 Å². The lowest BCUT2D eigenvalue weighted by molar-refractivity contribution is -0.114. The number of nitrogens with zero attached hydrogens (tertiary/aromatic N) is 1. The highest BCUT2D eigenvalue weighted by atomic mass is 16.2. The minimum absolute atomic E-state index is 0.0233. The summed E-state index contributed by atoms with van der Waals surface area (Å²) in [7, 11) is 0. The summed E-state index contributed by atoms with van der Waals surface area (Å²) < 4.78 is 0. The zero-order chi connectivity index (χ0) is 14.5. The van der Waals surface area contributed by atoms with Crippen molar-refractivity contribution < 1.29 is 9.59 Å². The van der Waals surface area contributed by atoms with E-state index >= 15 is 0 Å². The lowest BCUT2D eigenvalue weighted by Gasteiger charge is -2.30. The summed E-state index contributed by atoms with van der Waals surface area (Å²) >= 11 is 0. The second-order valence-corrected chi connectivity index (χ2v) is 5.27. The zero-order valence-corrected chi connectivity index (χ0v) is 11.8. The summed E-state index contributed by atoms with van der Waals surface area (Å²) in [5.41, 5.74) is 6.36. The van der Waals surface area contributed by atoms with Gasteiger partial charge in [-0.2, -0.15) is 0 Å². The van der Waals surface area contributed by atoms with Gasteiger partial charge < -0.3 is 16.0 Å². The molecule has 2 amide bonds. The van der Waals surface area contributed by atoms with E-state index in [1.807, 2.05) is 4.90 Å². The predicted octanol–water partition coefficient (Wildman–Crippen LogP) is 1.46. The number of para-hydroxylation sites is 1. The minimum Gasteiger partial charge on any atom is -0.339 e. The van der Waals surface area contributed by atoms with E-state index in [2.05, 4.69) is 12.2 Å². The summed E-state index contributed by atoms with van der Waals surface area (Å²) in [5.74, 6) is 0.355. The number of rotatable bonds is 3. The van der Waals surface area contributed by atoms with Gasteiger partial charge in [-0.1, -0.05) is 19.1 Å². The first kappa shape index (κ1) is 14.5. The van der Waals surface area contributed by atoms with Crippen LogP contribution >= 0.6 is 0 Å². The van der Waals surface area contributed by atoms with Crippen LogP contribution in [0.1, 0.15) is 30.1 Å². The Bertz CT molecular complexity index is 494. The van der Waals surface area contributed by atoms with Gasteiger partial charge in [-0.25, -0.2) is 0 Å². The van der Waals surface area contributed by atoms with Crippen molar-refractivity contribution in [1.29, 1.82) is 0 Å². The molecule has 1 aromatic rings. The second-order valence-electron chi connectivity index (χ2n) is 5.27. The number of carbonyl (C=O) groups is 2. The Morgan fingerprint density at radius 1 is 1.30 bits per heavy atom. The highest BCUT2D eigenvalue weighted by Gasteiger charge is 2.23. The van der Waals surface area contributed by atoms with Crippen LogP contribution in [-0.4, -0.2) is 36.3 Å². The molecule has 5 heteroatoms. The molecule has 0 atom stereocenters. The summed E-state index contributed by atoms with van der Waals surface area (Å²) in [6.45, 7) is 3.67. The number of nitrogens with two attached hydrogens (primary N) is 1. The first-order chi connectivity index (χ1) is 9.61. The maximum absolute atomic E-state index is 12.5. The molecule has 1 aromatic carbocycles. The quantitative estimate of drug-likeness (QED) is 0.876. The zero-order valence-electron chi connectivity index (χ0n) is 11.8. The van der Waals surface area contributed by atoms with Crippen molar-refractivity contribution in [1.82, 2.24) is 4.90 Å². The molecule has 0 saturated carbocycles. The third-order valence-corrected chi connectivity index (χ3v) is 3.69. The van der Waals surface area contributed by atoms with Crippen LogP contribution in [0.15, 0.2) is 24.3 Å². The molecule has 1 saturated heterocycles. The Morgan fingerprint density at radius 3 is 2.60 bits per heavy atom. The van der Waals surface area contributed by atoms with E-state index in [0.29, 0.717) is 17.2 Å². The maximum atomic E-state index is 12.5. The molecule has 2 rings (SSSR count). The van der Waals surface area contributed by atoms with Crippen LogP contribution in [0.5, 0.6) is 0 Å².